The van der Waals surface area contributed by atoms with Crippen LogP contribution in [0, 0.1) is 0 Å². The highest BCUT2D eigenvalue weighted by Gasteiger charge is 1.97. The number of hydrogen-bond acceptors (Lipinski definition) is 3. The number of aromatic nitrogens is 2. The largest absolute Gasteiger partial charge is 0.306 e. The fourth-order valence-electron chi connectivity index (χ4n) is 0.560. The molecule has 0 aliphatic heterocycles. The smallest absolute Gasteiger partial charge is 0.248 e. The van der Waals surface area contributed by atoms with Crippen LogP contribution in [0.1, 0.15) is 0 Å². The Morgan fingerprint density at radius 1 is 1.58 bits per heavy atom. The van der Waals surface area contributed by atoms with Gasteiger partial charge in [0.25, 0.3) is 0 Å². The zero-order chi connectivity index (χ0) is 8.97. The minimum atomic E-state index is -0.327. The molecule has 0 unspecified atom stereocenters. The average molecular weight is 184 g/mol. The number of hydrogen-bond donors (Lipinski definition) is 1. The Hall–Kier alpha value is -1.42. The molecule has 62 valence electrons. The van der Waals surface area contributed by atoms with Crippen LogP contribution in [0.2, 0.25) is 5.15 Å². The molecule has 0 spiro atoms. The Balaban J connectivity index is 2.71. The van der Waals surface area contributed by atoms with E-state index in [2.05, 4.69) is 22.1 Å². The number of anilines is 1. The molecule has 1 heterocycles. The summed E-state index contributed by atoms with van der Waals surface area (Å²) in [6, 6.07) is 3.09. The molecule has 0 aromatic carbocycles. The first-order chi connectivity index (χ1) is 5.72. The van der Waals surface area contributed by atoms with Crippen molar-refractivity contribution in [2.75, 3.05) is 5.32 Å². The van der Waals surface area contributed by atoms with Crippen LogP contribution < -0.4 is 5.32 Å². The van der Waals surface area contributed by atoms with Crippen molar-refractivity contribution < 1.29 is 4.79 Å². The number of nitrogens with one attached hydrogen (secondary N) is 1. The quantitative estimate of drug-likeness (QED) is 0.703. The lowest BCUT2D eigenvalue weighted by Crippen LogP contribution is -2.08. The predicted molar refractivity (Wildman–Crippen MR) is 45.9 cm³/mol. The zero-order valence-electron chi connectivity index (χ0n) is 6.12. The molecule has 1 aromatic heterocycles. The minimum Gasteiger partial charge on any atom is -0.306 e. The Bertz CT molecular complexity index is 296. The van der Waals surface area contributed by atoms with Gasteiger partial charge in [-0.2, -0.15) is 0 Å². The number of amides is 1. The van der Waals surface area contributed by atoms with Crippen LogP contribution >= 0.6 is 11.6 Å². The standard InChI is InChI=1S/C7H6ClN3O/c1-2-7(12)9-6-4-3-5(8)10-11-6/h2-4H,1H2,(H,9,11,12). The Morgan fingerprint density at radius 2 is 2.33 bits per heavy atom. The number of rotatable bonds is 2. The maximum Gasteiger partial charge on any atom is 0.248 e. The molecule has 0 fully saturated rings. The summed E-state index contributed by atoms with van der Waals surface area (Å²) in [6.45, 7) is 3.29. The van der Waals surface area contributed by atoms with Gasteiger partial charge in [0, 0.05) is 0 Å². The highest BCUT2D eigenvalue weighted by molar-refractivity contribution is 6.29. The van der Waals surface area contributed by atoms with Crippen molar-refractivity contribution >= 4 is 23.3 Å². The van der Waals surface area contributed by atoms with E-state index in [0.29, 0.717) is 5.82 Å². The molecule has 1 N–H and O–H groups in total. The van der Waals surface area contributed by atoms with Gasteiger partial charge in [0.1, 0.15) is 0 Å². The number of nitrogens with zero attached hydrogens (tertiary/aromatic N) is 2. The van der Waals surface area contributed by atoms with Gasteiger partial charge >= 0.3 is 0 Å². The fourth-order valence-corrected chi connectivity index (χ4v) is 0.661. The maximum atomic E-state index is 10.7. The monoisotopic (exact) mass is 183 g/mol. The van der Waals surface area contributed by atoms with Gasteiger partial charge in [-0.1, -0.05) is 18.2 Å². The lowest BCUT2D eigenvalue weighted by atomic mass is 10.5. The molecule has 4 nitrogen and oxygen atoms in total. The van der Waals surface area contributed by atoms with Crippen LogP contribution in [0.3, 0.4) is 0 Å². The Morgan fingerprint density at radius 3 is 2.83 bits per heavy atom. The first kappa shape index (κ1) is 8.67. The summed E-state index contributed by atoms with van der Waals surface area (Å²) in [5, 5.41) is 9.85. The second kappa shape index (κ2) is 3.82. The van der Waals surface area contributed by atoms with Crippen LogP contribution in [-0.4, -0.2) is 16.1 Å². The third-order valence-electron chi connectivity index (χ3n) is 1.07. The van der Waals surface area contributed by atoms with Crippen LogP contribution in [-0.2, 0) is 4.79 Å². The number of carbonyl (C=O) groups is 1. The molecule has 1 rings (SSSR count). The van der Waals surface area contributed by atoms with Crippen molar-refractivity contribution in [1.82, 2.24) is 10.2 Å². The van der Waals surface area contributed by atoms with Gasteiger partial charge in [0.2, 0.25) is 5.91 Å². The number of carbonyl (C=O) groups excluding carboxylic acids is 1. The van der Waals surface area contributed by atoms with Crippen molar-refractivity contribution in [1.29, 1.82) is 0 Å². The van der Waals surface area contributed by atoms with Crippen LogP contribution in [0.25, 0.3) is 0 Å². The lowest BCUT2D eigenvalue weighted by molar-refractivity contribution is -0.111. The Kier molecular flexibility index (Phi) is 2.76. The van der Waals surface area contributed by atoms with Crippen molar-refractivity contribution in [3.63, 3.8) is 0 Å². The van der Waals surface area contributed by atoms with E-state index < -0.39 is 0 Å². The maximum absolute atomic E-state index is 10.7. The molecule has 0 aliphatic rings. The van der Waals surface area contributed by atoms with E-state index in [4.69, 9.17) is 11.6 Å². The molecule has 0 aliphatic carbocycles. The fraction of sp³-hybridized carbons (Fsp3) is 0. The van der Waals surface area contributed by atoms with E-state index in [9.17, 15) is 4.79 Å². The molecule has 12 heavy (non-hydrogen) atoms. The molecule has 5 heteroatoms. The molecule has 1 aromatic rings. The van der Waals surface area contributed by atoms with E-state index >= 15 is 0 Å². The second-order valence-corrected chi connectivity index (χ2v) is 2.32. The summed E-state index contributed by atoms with van der Waals surface area (Å²) in [7, 11) is 0. The second-order valence-electron chi connectivity index (χ2n) is 1.93. The first-order valence-corrected chi connectivity index (χ1v) is 3.53. The number of halogens is 1. The average Bonchev–Trinajstić information content (AvgIpc) is 2.09. The van der Waals surface area contributed by atoms with Crippen LogP contribution in [0.4, 0.5) is 5.82 Å². The van der Waals surface area contributed by atoms with Crippen molar-refractivity contribution in [3.8, 4) is 0 Å². The lowest BCUT2D eigenvalue weighted by Gasteiger charge is -1.97. The highest BCUT2D eigenvalue weighted by atomic mass is 35.5. The summed E-state index contributed by atoms with van der Waals surface area (Å²) in [6.07, 6.45) is 1.15. The van der Waals surface area contributed by atoms with E-state index in [1.807, 2.05) is 0 Å². The molecule has 0 atom stereocenters. The van der Waals surface area contributed by atoms with Gasteiger partial charge in [0.05, 0.1) is 0 Å². The first-order valence-electron chi connectivity index (χ1n) is 3.15. The van der Waals surface area contributed by atoms with E-state index in [1.54, 1.807) is 6.07 Å². The molecule has 0 saturated heterocycles. The normalized spacial score (nSPS) is 9.08. The zero-order valence-corrected chi connectivity index (χ0v) is 6.88. The van der Waals surface area contributed by atoms with E-state index in [0.717, 1.165) is 6.08 Å². The van der Waals surface area contributed by atoms with Crippen LogP contribution in [0.5, 0.6) is 0 Å². The summed E-state index contributed by atoms with van der Waals surface area (Å²) in [5.74, 6) is 0.0240. The topological polar surface area (TPSA) is 54.9 Å². The van der Waals surface area contributed by atoms with Gasteiger partial charge in [-0.05, 0) is 18.2 Å². The molecule has 0 radical (unpaired) electrons. The van der Waals surface area contributed by atoms with E-state index in [-0.39, 0.29) is 11.1 Å². The van der Waals surface area contributed by atoms with Gasteiger partial charge in [-0.15, -0.1) is 10.2 Å². The van der Waals surface area contributed by atoms with Gasteiger partial charge in [-0.25, -0.2) is 0 Å². The molecule has 0 saturated carbocycles. The van der Waals surface area contributed by atoms with Gasteiger partial charge < -0.3 is 5.32 Å². The summed E-state index contributed by atoms with van der Waals surface area (Å²) < 4.78 is 0. The summed E-state index contributed by atoms with van der Waals surface area (Å²) in [5.41, 5.74) is 0. The van der Waals surface area contributed by atoms with Crippen molar-refractivity contribution in [2.45, 2.75) is 0 Å². The van der Waals surface area contributed by atoms with Gasteiger partial charge in [-0.3, -0.25) is 4.79 Å². The molecular formula is C7H6ClN3O. The third kappa shape index (κ3) is 2.32. The summed E-state index contributed by atoms with van der Waals surface area (Å²) >= 11 is 5.48. The SMILES string of the molecule is C=CC(=O)Nc1ccc(Cl)nn1. The minimum absolute atomic E-state index is 0.284. The van der Waals surface area contributed by atoms with Crippen LogP contribution in [0.15, 0.2) is 24.8 Å². The van der Waals surface area contributed by atoms with E-state index in [1.165, 1.54) is 6.07 Å². The summed E-state index contributed by atoms with van der Waals surface area (Å²) in [4.78, 5) is 10.7. The highest BCUT2D eigenvalue weighted by Crippen LogP contribution is 2.05. The Labute approximate surface area is 74.3 Å². The third-order valence-corrected chi connectivity index (χ3v) is 1.27. The molecular weight excluding hydrogens is 178 g/mol. The molecule has 0 bridgehead atoms. The predicted octanol–water partition coefficient (Wildman–Crippen LogP) is 1.25. The van der Waals surface area contributed by atoms with Crippen molar-refractivity contribution in [2.24, 2.45) is 0 Å². The van der Waals surface area contributed by atoms with Crippen molar-refractivity contribution in [3.05, 3.63) is 29.9 Å². The molecule has 1 amide bonds. The van der Waals surface area contributed by atoms with Gasteiger partial charge in [0.15, 0.2) is 11.0 Å².